The number of benzene rings is 8. The second kappa shape index (κ2) is 38.9. The SMILES string of the molecule is O=C(Nc1ccccc1F)c1ccc(-c2c(-c3ccc(F)cc3)ccn2C2CCCC2)[nH]1.O=C(Nc1ccccc1F)c1ccc(-c2c(-c3ccc(F)cc3)ncn2C2CCCC2)s1.O=C(Nc1ccccc1F)c1cnc(-c2c(-c3ccc(F)cc3)ncn2C2CCCC2)o1.O=C(Nc1ccccc1F)c1cnc(-c2c(-c3ccc(F)cc3)ncn2C2CCCC2)o1. The van der Waals surface area contributed by atoms with Crippen LogP contribution in [-0.4, -0.2) is 71.8 Å². The highest BCUT2D eigenvalue weighted by molar-refractivity contribution is 7.17. The minimum atomic E-state index is -0.607. The fourth-order valence-corrected chi connectivity index (χ4v) is 17.8. The summed E-state index contributed by atoms with van der Waals surface area (Å²) in [6.07, 6.45) is 27.6. The molecule has 4 fully saturated rings. The lowest BCUT2D eigenvalue weighted by Gasteiger charge is -2.17. The Morgan fingerprint density at radius 3 is 1.05 bits per heavy atom. The Morgan fingerprint density at radius 2 is 0.672 bits per heavy atom. The molecule has 0 bridgehead atoms. The molecule has 4 aliphatic rings. The van der Waals surface area contributed by atoms with Crippen LogP contribution in [0.25, 0.3) is 90.0 Å². The van der Waals surface area contributed by atoms with E-state index in [1.807, 2.05) is 33.7 Å². The number of hydrogen-bond acceptors (Lipinski definition) is 12. The van der Waals surface area contributed by atoms with Crippen LogP contribution in [0.3, 0.4) is 0 Å². The number of aromatic amines is 1. The van der Waals surface area contributed by atoms with Crippen molar-refractivity contribution < 1.29 is 63.1 Å². The van der Waals surface area contributed by atoms with Crippen molar-refractivity contribution in [1.29, 1.82) is 0 Å². The summed E-state index contributed by atoms with van der Waals surface area (Å²) in [6.45, 7) is 0. The smallest absolute Gasteiger partial charge is 0.293 e. The van der Waals surface area contributed by atoms with Gasteiger partial charge in [-0.25, -0.2) is 60.0 Å². The first-order valence-corrected chi connectivity index (χ1v) is 43.1. The van der Waals surface area contributed by atoms with Gasteiger partial charge in [0.1, 0.15) is 75.0 Å². The Kier molecular flexibility index (Phi) is 26.0. The number of rotatable bonds is 20. The molecule has 8 aromatic carbocycles. The van der Waals surface area contributed by atoms with E-state index in [9.17, 15) is 54.3 Å². The molecule has 8 heterocycles. The molecule has 0 unspecified atom stereocenters. The van der Waals surface area contributed by atoms with Crippen molar-refractivity contribution in [3.05, 3.63) is 331 Å². The van der Waals surface area contributed by atoms with Crippen molar-refractivity contribution in [1.82, 2.24) is 48.2 Å². The molecule has 8 aromatic heterocycles. The number of imidazole rings is 3. The number of amides is 4. The number of oxazole rings is 2. The van der Waals surface area contributed by atoms with Crippen LogP contribution in [0, 0.1) is 46.5 Å². The third-order valence-electron chi connectivity index (χ3n) is 23.3. The van der Waals surface area contributed by atoms with Crippen LogP contribution in [0.15, 0.2) is 271 Å². The number of thiophene rings is 1. The zero-order valence-electron chi connectivity index (χ0n) is 68.9. The zero-order chi connectivity index (χ0) is 88.3. The molecule has 29 heteroatoms. The zero-order valence-corrected chi connectivity index (χ0v) is 69.7. The van der Waals surface area contributed by atoms with E-state index in [-0.39, 0.29) is 87.3 Å². The predicted molar refractivity (Wildman–Crippen MR) is 474 cm³/mol. The van der Waals surface area contributed by atoms with E-state index in [4.69, 9.17) is 8.83 Å². The van der Waals surface area contributed by atoms with Crippen LogP contribution in [0.2, 0.25) is 0 Å². The van der Waals surface area contributed by atoms with E-state index in [0.29, 0.717) is 56.6 Å². The molecule has 0 spiro atoms. The third-order valence-corrected chi connectivity index (χ3v) is 24.4. The fraction of sp³-hybridized carbons (Fsp3) is 0.202. The van der Waals surface area contributed by atoms with Crippen LogP contribution in [0.5, 0.6) is 0 Å². The molecular formula is C99H84F8N14O6S. The Labute approximate surface area is 733 Å². The molecule has 0 saturated heterocycles. The Hall–Kier alpha value is -14.6. The van der Waals surface area contributed by atoms with Crippen molar-refractivity contribution in [3.8, 4) is 90.0 Å². The molecular weight excluding hydrogens is 1670 g/mol. The van der Waals surface area contributed by atoms with E-state index >= 15 is 0 Å². The van der Waals surface area contributed by atoms with Crippen LogP contribution in [-0.2, 0) is 0 Å². The van der Waals surface area contributed by atoms with E-state index < -0.39 is 41.0 Å². The van der Waals surface area contributed by atoms with Crippen molar-refractivity contribution >= 4 is 57.7 Å². The highest BCUT2D eigenvalue weighted by Gasteiger charge is 2.32. The molecule has 5 N–H and O–H groups in total. The number of carbonyl (C=O) groups excluding carboxylic acids is 4. The maximum Gasteiger partial charge on any atom is 0.293 e. The van der Waals surface area contributed by atoms with E-state index in [2.05, 4.69) is 66.5 Å². The van der Waals surface area contributed by atoms with Gasteiger partial charge in [-0.05, 0) is 221 Å². The lowest BCUT2D eigenvalue weighted by atomic mass is 10.0. The summed E-state index contributed by atoms with van der Waals surface area (Å²) >= 11 is 1.34. The van der Waals surface area contributed by atoms with Gasteiger partial charge in [-0.2, -0.15) is 0 Å². The van der Waals surface area contributed by atoms with Crippen molar-refractivity contribution in [2.45, 2.75) is 127 Å². The van der Waals surface area contributed by atoms with Crippen LogP contribution >= 0.6 is 11.3 Å². The first-order valence-electron chi connectivity index (χ1n) is 42.3. The number of aromatic nitrogens is 10. The normalized spacial score (nSPS) is 14.1. The quantitative estimate of drug-likeness (QED) is 0.0449. The number of carbonyl (C=O) groups is 4. The number of H-pyrrole nitrogens is 1. The third kappa shape index (κ3) is 19.3. The van der Waals surface area contributed by atoms with Crippen LogP contribution in [0.1, 0.15) is 168 Å². The lowest BCUT2D eigenvalue weighted by molar-refractivity contribution is 0.0989. The highest BCUT2D eigenvalue weighted by Crippen LogP contribution is 2.45. The maximum absolute atomic E-state index is 13.9. The minimum Gasteiger partial charge on any atom is -0.429 e. The largest absolute Gasteiger partial charge is 0.429 e. The maximum atomic E-state index is 13.9. The summed E-state index contributed by atoms with van der Waals surface area (Å²) in [6, 6.07) is 59.2. The molecule has 4 aliphatic carbocycles. The Bertz CT molecular complexity index is 5810. The fourth-order valence-electron chi connectivity index (χ4n) is 16.9. The summed E-state index contributed by atoms with van der Waals surface area (Å²) in [5, 5.41) is 10.2. The monoisotopic (exact) mass is 1750 g/mol. The summed E-state index contributed by atoms with van der Waals surface area (Å²) in [4.78, 5) is 77.7. The molecule has 0 aliphatic heterocycles. The number of hydrogen-bond donors (Lipinski definition) is 5. The van der Waals surface area contributed by atoms with E-state index in [1.54, 1.807) is 122 Å². The van der Waals surface area contributed by atoms with Gasteiger partial charge >= 0.3 is 0 Å². The molecule has 128 heavy (non-hydrogen) atoms. The number of nitrogens with zero attached hydrogens (tertiary/aromatic N) is 9. The summed E-state index contributed by atoms with van der Waals surface area (Å²) < 4.78 is 130. The van der Waals surface area contributed by atoms with Gasteiger partial charge < -0.3 is 53.4 Å². The van der Waals surface area contributed by atoms with Gasteiger partial charge in [-0.1, -0.05) is 112 Å². The predicted octanol–water partition coefficient (Wildman–Crippen LogP) is 25.4. The van der Waals surface area contributed by atoms with Crippen molar-refractivity contribution in [2.75, 3.05) is 21.3 Å². The Balaban J connectivity index is 0.000000120. The number of para-hydroxylation sites is 4. The highest BCUT2D eigenvalue weighted by atomic mass is 32.1. The van der Waals surface area contributed by atoms with Gasteiger partial charge in [-0.3, -0.25) is 19.2 Å². The second-order valence-electron chi connectivity index (χ2n) is 31.6. The van der Waals surface area contributed by atoms with Gasteiger partial charge in [0.2, 0.25) is 23.3 Å². The summed E-state index contributed by atoms with van der Waals surface area (Å²) in [5.74, 6) is -4.93. The average molecular weight is 1750 g/mol. The average Bonchev–Trinajstić information content (AvgIpc) is 1.64. The first-order chi connectivity index (χ1) is 62.4. The van der Waals surface area contributed by atoms with E-state index in [1.165, 1.54) is 146 Å². The minimum absolute atomic E-state index is 0.0486. The molecule has 648 valence electrons. The van der Waals surface area contributed by atoms with Gasteiger partial charge in [-0.15, -0.1) is 11.3 Å². The van der Waals surface area contributed by atoms with Crippen LogP contribution in [0.4, 0.5) is 57.9 Å². The van der Waals surface area contributed by atoms with E-state index in [0.717, 1.165) is 121 Å². The van der Waals surface area contributed by atoms with Gasteiger partial charge in [0.25, 0.3) is 23.6 Å². The molecule has 0 atom stereocenters. The molecule has 16 aromatic rings. The van der Waals surface area contributed by atoms with Crippen molar-refractivity contribution in [3.63, 3.8) is 0 Å². The number of anilines is 4. The lowest BCUT2D eigenvalue weighted by Crippen LogP contribution is -2.13. The molecule has 20 nitrogen and oxygen atoms in total. The molecule has 4 saturated carbocycles. The summed E-state index contributed by atoms with van der Waals surface area (Å²) in [5.41, 5.74) is 10.8. The van der Waals surface area contributed by atoms with Gasteiger partial charge in [0, 0.05) is 52.6 Å². The summed E-state index contributed by atoms with van der Waals surface area (Å²) in [7, 11) is 0. The molecule has 4 amide bonds. The van der Waals surface area contributed by atoms with Crippen molar-refractivity contribution in [2.24, 2.45) is 0 Å². The second-order valence-corrected chi connectivity index (χ2v) is 32.6. The number of halogens is 8. The van der Waals surface area contributed by atoms with Gasteiger partial charge in [0.15, 0.2) is 0 Å². The molecule has 20 rings (SSSR count). The first kappa shape index (κ1) is 85.6. The standard InChI is InChI=1S/C26H23F2N3O.C25H21F2N3OS.2C24H20F2N4O2/c27-18-11-9-17(10-12-18)20-15-16-31(19-5-1-2-6-19)25(20)23-13-14-24(29-23)26(32)30-22-8-4-3-7-21(22)28;26-17-11-9-16(10-12-17)23-24(30(15-28-23)18-5-1-2-6-18)21-13-14-22(32-21)25(31)29-20-8-4-3-7-19(20)27;2*25-16-11-9-15(10-12-16)21-22(30(14-28-21)17-5-1-2-6-17)24-27-13-20(32-24)23(31)29-19-8-4-3-7-18(19)26/h3-4,7-16,19,29H,1-2,5-6H2,(H,30,32);3-4,7-15,18H,1-2,5-6H2,(H,29,31);2*3-4,7-14,17H,1-2,5-6H2,(H,29,31). The topological polar surface area (TPSA) is 243 Å². The van der Waals surface area contributed by atoms with Crippen LogP contribution < -0.4 is 21.3 Å². The van der Waals surface area contributed by atoms with Gasteiger partial charge in [0.05, 0.1) is 86.7 Å². The molecule has 0 radical (unpaired) electrons. The Morgan fingerprint density at radius 1 is 0.336 bits per heavy atom. The number of nitrogens with one attached hydrogen (secondary N) is 5.